The summed E-state index contributed by atoms with van der Waals surface area (Å²) in [4.78, 5) is 15.0. The fourth-order valence-electron chi connectivity index (χ4n) is 3.64. The first kappa shape index (κ1) is 16.7. The molecule has 2 heterocycles. The van der Waals surface area contributed by atoms with Crippen LogP contribution in [-0.2, 0) is 0 Å². The zero-order valence-electron chi connectivity index (χ0n) is 14.5. The van der Waals surface area contributed by atoms with Gasteiger partial charge in [-0.2, -0.15) is 0 Å². The molecule has 0 aliphatic carbocycles. The van der Waals surface area contributed by atoms with Gasteiger partial charge in [-0.25, -0.2) is 0 Å². The van der Waals surface area contributed by atoms with Gasteiger partial charge >= 0.3 is 0 Å². The lowest BCUT2D eigenvalue weighted by Crippen LogP contribution is -2.36. The van der Waals surface area contributed by atoms with Crippen LogP contribution in [0.25, 0.3) is 10.8 Å². The van der Waals surface area contributed by atoms with Gasteiger partial charge < -0.3 is 14.8 Å². The summed E-state index contributed by atoms with van der Waals surface area (Å²) in [5.41, 5.74) is 0.295. The lowest BCUT2D eigenvalue weighted by molar-refractivity contribution is 0.0931. The molecule has 0 radical (unpaired) electrons. The maximum absolute atomic E-state index is 12.7. The minimum atomic E-state index is -0.274. The molecule has 2 aromatic carbocycles. The molecule has 0 spiro atoms. The van der Waals surface area contributed by atoms with Crippen molar-refractivity contribution in [3.8, 4) is 5.75 Å². The van der Waals surface area contributed by atoms with Gasteiger partial charge in [0.25, 0.3) is 5.91 Å². The lowest BCUT2D eigenvalue weighted by Gasteiger charge is -2.26. The van der Waals surface area contributed by atoms with Crippen LogP contribution >= 0.6 is 0 Å². The van der Waals surface area contributed by atoms with Crippen molar-refractivity contribution in [2.75, 3.05) is 19.6 Å². The van der Waals surface area contributed by atoms with Gasteiger partial charge in [-0.05, 0) is 61.0 Å². The minimum Gasteiger partial charge on any atom is -0.507 e. The summed E-state index contributed by atoms with van der Waals surface area (Å²) in [6.45, 7) is 2.45. The molecule has 1 aromatic heterocycles. The third-order valence-electron chi connectivity index (χ3n) is 5.02. The molecule has 4 rings (SSSR count). The van der Waals surface area contributed by atoms with Crippen molar-refractivity contribution >= 4 is 16.7 Å². The van der Waals surface area contributed by atoms with Crippen LogP contribution in [0, 0.1) is 0 Å². The molecule has 1 aliphatic rings. The molecule has 1 amide bonds. The average Bonchev–Trinajstić information content (AvgIpc) is 3.35. The Labute approximate surface area is 152 Å². The number of phenols is 1. The summed E-state index contributed by atoms with van der Waals surface area (Å²) in [6.07, 6.45) is 3.99. The normalized spacial score (nSPS) is 16.0. The van der Waals surface area contributed by atoms with Gasteiger partial charge in [0.05, 0.1) is 17.9 Å². The van der Waals surface area contributed by atoms with E-state index in [1.54, 1.807) is 18.4 Å². The third kappa shape index (κ3) is 3.30. The van der Waals surface area contributed by atoms with Crippen molar-refractivity contribution in [3.63, 3.8) is 0 Å². The molecule has 2 N–H and O–H groups in total. The Hall–Kier alpha value is -2.79. The van der Waals surface area contributed by atoms with Crippen LogP contribution < -0.4 is 5.32 Å². The molecule has 0 unspecified atom stereocenters. The number of carbonyl (C=O) groups excluding carboxylic acids is 1. The second-order valence-electron chi connectivity index (χ2n) is 6.70. The number of fused-ring (bicyclic) bond motifs is 1. The Balaban J connectivity index is 1.52. The molecule has 26 heavy (non-hydrogen) atoms. The predicted octanol–water partition coefficient (Wildman–Crippen LogP) is 3.71. The topological polar surface area (TPSA) is 65.7 Å². The number of aromatic hydroxyl groups is 1. The Morgan fingerprint density at radius 3 is 2.54 bits per heavy atom. The molecule has 1 fully saturated rings. The summed E-state index contributed by atoms with van der Waals surface area (Å²) in [6, 6.07) is 14.9. The summed E-state index contributed by atoms with van der Waals surface area (Å²) in [5.74, 6) is 0.580. The molecule has 1 saturated heterocycles. The smallest absolute Gasteiger partial charge is 0.255 e. The van der Waals surface area contributed by atoms with Gasteiger partial charge in [0, 0.05) is 6.54 Å². The van der Waals surface area contributed by atoms with E-state index in [1.165, 1.54) is 0 Å². The number of phenolic OH excluding ortho intramolecular Hbond substituents is 1. The Morgan fingerprint density at radius 1 is 1.12 bits per heavy atom. The highest BCUT2D eigenvalue weighted by molar-refractivity contribution is 6.01. The van der Waals surface area contributed by atoms with Gasteiger partial charge in [0.1, 0.15) is 11.5 Å². The lowest BCUT2D eigenvalue weighted by atomic mass is 10.1. The molecule has 5 nitrogen and oxygen atoms in total. The van der Waals surface area contributed by atoms with E-state index in [2.05, 4.69) is 10.2 Å². The Morgan fingerprint density at radius 2 is 1.85 bits per heavy atom. The number of nitrogens with zero attached hydrogens (tertiary/aromatic N) is 1. The number of hydrogen-bond acceptors (Lipinski definition) is 4. The highest BCUT2D eigenvalue weighted by Crippen LogP contribution is 2.27. The van der Waals surface area contributed by atoms with E-state index >= 15 is 0 Å². The zero-order valence-corrected chi connectivity index (χ0v) is 14.5. The first-order valence-electron chi connectivity index (χ1n) is 9.00. The molecule has 134 valence electrons. The average molecular weight is 350 g/mol. The maximum Gasteiger partial charge on any atom is 0.255 e. The molecule has 0 bridgehead atoms. The fourth-order valence-corrected chi connectivity index (χ4v) is 3.64. The van der Waals surface area contributed by atoms with E-state index in [4.69, 9.17) is 4.42 Å². The van der Waals surface area contributed by atoms with Crippen LogP contribution in [-0.4, -0.2) is 35.5 Å². The summed E-state index contributed by atoms with van der Waals surface area (Å²) in [5, 5.41) is 15.1. The van der Waals surface area contributed by atoms with Gasteiger partial charge in [-0.1, -0.05) is 24.3 Å². The van der Waals surface area contributed by atoms with Crippen LogP contribution in [0.3, 0.4) is 0 Å². The minimum absolute atomic E-state index is 0.00285. The van der Waals surface area contributed by atoms with Gasteiger partial charge in [-0.15, -0.1) is 0 Å². The van der Waals surface area contributed by atoms with Crippen molar-refractivity contribution < 1.29 is 14.3 Å². The summed E-state index contributed by atoms with van der Waals surface area (Å²) < 4.78 is 5.59. The number of benzene rings is 2. The molecular weight excluding hydrogens is 328 g/mol. The van der Waals surface area contributed by atoms with Crippen molar-refractivity contribution in [1.82, 2.24) is 10.2 Å². The maximum atomic E-state index is 12.7. The van der Waals surface area contributed by atoms with E-state index in [9.17, 15) is 9.90 Å². The van der Waals surface area contributed by atoms with Crippen LogP contribution in [0.1, 0.15) is 35.0 Å². The van der Waals surface area contributed by atoms with E-state index in [0.29, 0.717) is 12.1 Å². The number of furan rings is 1. The van der Waals surface area contributed by atoms with E-state index in [0.717, 1.165) is 42.5 Å². The Kier molecular flexibility index (Phi) is 4.63. The predicted molar refractivity (Wildman–Crippen MR) is 100 cm³/mol. The standard InChI is InChI=1S/C21H22N2O3/c24-19-13-16-7-2-1-6-15(16)12-17(19)21(25)22-14-18(20-8-5-11-26-20)23-9-3-4-10-23/h1-2,5-8,11-13,18,24H,3-4,9-10,14H2,(H,22,25)/t18-/m1/s1. The number of nitrogens with one attached hydrogen (secondary N) is 1. The molecule has 0 saturated carbocycles. The number of likely N-dealkylation sites (tertiary alicyclic amines) is 1. The number of carbonyl (C=O) groups is 1. The second-order valence-corrected chi connectivity index (χ2v) is 6.70. The van der Waals surface area contributed by atoms with Crippen LogP contribution in [0.2, 0.25) is 0 Å². The largest absolute Gasteiger partial charge is 0.507 e. The summed E-state index contributed by atoms with van der Waals surface area (Å²) >= 11 is 0. The highest BCUT2D eigenvalue weighted by atomic mass is 16.3. The number of rotatable bonds is 5. The molecular formula is C21H22N2O3. The first-order chi connectivity index (χ1) is 12.7. The number of amides is 1. The van der Waals surface area contributed by atoms with Crippen LogP contribution in [0.4, 0.5) is 0 Å². The second kappa shape index (κ2) is 7.22. The molecule has 3 aromatic rings. The van der Waals surface area contributed by atoms with Gasteiger partial charge in [0.15, 0.2) is 0 Å². The fraction of sp³-hybridized carbons (Fsp3) is 0.286. The van der Waals surface area contributed by atoms with Crippen LogP contribution in [0.5, 0.6) is 5.75 Å². The van der Waals surface area contributed by atoms with Crippen molar-refractivity contribution in [2.45, 2.75) is 18.9 Å². The van der Waals surface area contributed by atoms with Gasteiger partial charge in [0.2, 0.25) is 0 Å². The highest BCUT2D eigenvalue weighted by Gasteiger charge is 2.26. The quantitative estimate of drug-likeness (QED) is 0.736. The molecule has 5 heteroatoms. The molecule has 1 aliphatic heterocycles. The van der Waals surface area contributed by atoms with Crippen molar-refractivity contribution in [3.05, 3.63) is 66.1 Å². The first-order valence-corrected chi connectivity index (χ1v) is 9.00. The van der Waals surface area contributed by atoms with Gasteiger partial charge in [-0.3, -0.25) is 9.69 Å². The van der Waals surface area contributed by atoms with Crippen LogP contribution in [0.15, 0.2) is 59.2 Å². The van der Waals surface area contributed by atoms with E-state index < -0.39 is 0 Å². The monoisotopic (exact) mass is 350 g/mol. The van der Waals surface area contributed by atoms with Crippen molar-refractivity contribution in [2.24, 2.45) is 0 Å². The van der Waals surface area contributed by atoms with Crippen molar-refractivity contribution in [1.29, 1.82) is 0 Å². The number of hydrogen-bond donors (Lipinski definition) is 2. The Bertz CT molecular complexity index is 899. The summed E-state index contributed by atoms with van der Waals surface area (Å²) in [7, 11) is 0. The zero-order chi connectivity index (χ0) is 17.9. The van der Waals surface area contributed by atoms with E-state index in [-0.39, 0.29) is 17.7 Å². The van der Waals surface area contributed by atoms with E-state index in [1.807, 2.05) is 36.4 Å². The SMILES string of the molecule is O=C(NC[C@H](c1ccco1)N1CCCC1)c1cc2ccccc2cc1O. The molecule has 1 atom stereocenters. The third-order valence-corrected chi connectivity index (χ3v) is 5.02.